The summed E-state index contributed by atoms with van der Waals surface area (Å²) >= 11 is 12.2. The number of halogens is 2. The molecule has 0 saturated carbocycles. The quantitative estimate of drug-likeness (QED) is 0.475. The topological polar surface area (TPSA) is 30.3 Å². The molecule has 0 bridgehead atoms. The number of ether oxygens (including phenoxy) is 1. The van der Waals surface area contributed by atoms with Crippen molar-refractivity contribution in [1.82, 2.24) is 14.7 Å². The van der Waals surface area contributed by atoms with Gasteiger partial charge in [0.15, 0.2) is 0 Å². The smallest absolute Gasteiger partial charge is 0.240 e. The lowest BCUT2D eigenvalue weighted by atomic mass is 10.2. The number of benzene rings is 2. The molecule has 6 heteroatoms. The van der Waals surface area contributed by atoms with Gasteiger partial charge in [-0.2, -0.15) is 0 Å². The van der Waals surface area contributed by atoms with Gasteiger partial charge in [-0.25, -0.2) is 0 Å². The van der Waals surface area contributed by atoms with E-state index >= 15 is 0 Å². The van der Waals surface area contributed by atoms with Crippen molar-refractivity contribution in [2.24, 2.45) is 5.92 Å². The van der Waals surface area contributed by atoms with E-state index in [1.54, 1.807) is 0 Å². The van der Waals surface area contributed by atoms with Crippen LogP contribution in [0.25, 0.3) is 10.9 Å². The fraction of sp³-hybridized carbons (Fsp3) is 0.409. The molecule has 4 rings (SSSR count). The molecule has 2 heterocycles. The molecule has 28 heavy (non-hydrogen) atoms. The summed E-state index contributed by atoms with van der Waals surface area (Å²) in [5, 5.41) is 7.10. The monoisotopic (exact) mass is 417 g/mol. The van der Waals surface area contributed by atoms with E-state index in [9.17, 15) is 0 Å². The van der Waals surface area contributed by atoms with Crippen LogP contribution in [0.2, 0.25) is 10.0 Å². The van der Waals surface area contributed by atoms with Gasteiger partial charge in [0.25, 0.3) is 0 Å². The minimum absolute atomic E-state index is 0.654. The van der Waals surface area contributed by atoms with Gasteiger partial charge in [-0.15, -0.1) is 5.10 Å². The van der Waals surface area contributed by atoms with Crippen molar-refractivity contribution in [2.45, 2.75) is 26.3 Å². The molecule has 1 atom stereocenters. The number of likely N-dealkylation sites (tertiary alicyclic amines) is 1. The van der Waals surface area contributed by atoms with E-state index in [1.807, 2.05) is 47.1 Å². The Morgan fingerprint density at radius 3 is 2.64 bits per heavy atom. The van der Waals surface area contributed by atoms with Gasteiger partial charge in [-0.1, -0.05) is 42.3 Å². The van der Waals surface area contributed by atoms with Crippen molar-refractivity contribution in [1.29, 1.82) is 0 Å². The maximum absolute atomic E-state index is 6.22. The van der Waals surface area contributed by atoms with E-state index in [-0.39, 0.29) is 0 Å². The number of rotatable bonds is 7. The fourth-order valence-electron chi connectivity index (χ4n) is 3.80. The summed E-state index contributed by atoms with van der Waals surface area (Å²) in [5.74, 6) is 1.47. The van der Waals surface area contributed by atoms with Crippen molar-refractivity contribution in [3.63, 3.8) is 0 Å². The van der Waals surface area contributed by atoms with E-state index in [1.165, 1.54) is 19.5 Å². The molecule has 4 nitrogen and oxygen atoms in total. The molecule has 1 aliphatic rings. The van der Waals surface area contributed by atoms with Crippen molar-refractivity contribution >= 4 is 34.1 Å². The zero-order chi connectivity index (χ0) is 19.5. The van der Waals surface area contributed by atoms with E-state index in [0.717, 1.165) is 40.4 Å². The van der Waals surface area contributed by atoms with Gasteiger partial charge in [0.1, 0.15) is 0 Å². The van der Waals surface area contributed by atoms with Gasteiger partial charge in [0, 0.05) is 23.1 Å². The SMILES string of the molecule is CC1CCN(CCCOc2nn(Cc3ccc(Cl)cc3)c3ccc(Cl)cc23)C1. The Morgan fingerprint density at radius 2 is 1.89 bits per heavy atom. The molecule has 1 unspecified atom stereocenters. The molecule has 1 fully saturated rings. The van der Waals surface area contributed by atoms with Crippen LogP contribution < -0.4 is 4.74 Å². The van der Waals surface area contributed by atoms with Crippen LogP contribution in [-0.4, -0.2) is 40.9 Å². The highest BCUT2D eigenvalue weighted by atomic mass is 35.5. The standard InChI is InChI=1S/C22H25Cl2N3O/c1-16-9-11-26(14-16)10-2-12-28-22-20-13-19(24)7-8-21(20)27(25-22)15-17-3-5-18(23)6-4-17/h3-8,13,16H,2,9-12,14-15H2,1H3. The van der Waals surface area contributed by atoms with Crippen LogP contribution in [0.3, 0.4) is 0 Å². The van der Waals surface area contributed by atoms with E-state index < -0.39 is 0 Å². The summed E-state index contributed by atoms with van der Waals surface area (Å²) in [6.45, 7) is 7.12. The molecule has 3 aromatic rings. The van der Waals surface area contributed by atoms with Crippen LogP contribution in [0.1, 0.15) is 25.3 Å². The largest absolute Gasteiger partial charge is 0.476 e. The van der Waals surface area contributed by atoms with Crippen LogP contribution in [0.5, 0.6) is 5.88 Å². The van der Waals surface area contributed by atoms with Crippen LogP contribution in [0.4, 0.5) is 0 Å². The van der Waals surface area contributed by atoms with Gasteiger partial charge in [-0.05, 0) is 61.2 Å². The maximum Gasteiger partial charge on any atom is 0.240 e. The summed E-state index contributed by atoms with van der Waals surface area (Å²) in [6, 6.07) is 13.7. The molecular formula is C22H25Cl2N3O. The Balaban J connectivity index is 1.46. The lowest BCUT2D eigenvalue weighted by Gasteiger charge is -2.14. The lowest BCUT2D eigenvalue weighted by molar-refractivity contribution is 0.254. The molecule has 0 N–H and O–H groups in total. The molecule has 148 valence electrons. The Hall–Kier alpha value is -1.75. The zero-order valence-electron chi connectivity index (χ0n) is 16.1. The minimum Gasteiger partial charge on any atom is -0.476 e. The Kier molecular flexibility index (Phi) is 6.10. The molecule has 1 saturated heterocycles. The average molecular weight is 418 g/mol. The lowest BCUT2D eigenvalue weighted by Crippen LogP contribution is -2.23. The third-order valence-corrected chi connectivity index (χ3v) is 5.78. The summed E-state index contributed by atoms with van der Waals surface area (Å²) in [5.41, 5.74) is 2.15. The number of nitrogens with zero attached hydrogens (tertiary/aromatic N) is 3. The third kappa shape index (κ3) is 4.62. The van der Waals surface area contributed by atoms with E-state index in [2.05, 4.69) is 11.8 Å². The summed E-state index contributed by atoms with van der Waals surface area (Å²) < 4.78 is 8.02. The second kappa shape index (κ2) is 8.73. The molecule has 0 spiro atoms. The third-order valence-electron chi connectivity index (χ3n) is 5.29. The molecular weight excluding hydrogens is 393 g/mol. The number of hydrogen-bond acceptors (Lipinski definition) is 3. The van der Waals surface area contributed by atoms with Gasteiger partial charge in [0.05, 0.1) is 24.1 Å². The first-order valence-electron chi connectivity index (χ1n) is 9.84. The van der Waals surface area contributed by atoms with Crippen LogP contribution in [0.15, 0.2) is 42.5 Å². The summed E-state index contributed by atoms with van der Waals surface area (Å²) in [4.78, 5) is 2.52. The van der Waals surface area contributed by atoms with Crippen molar-refractivity contribution < 1.29 is 4.74 Å². The summed E-state index contributed by atoms with van der Waals surface area (Å²) in [7, 11) is 0. The highest BCUT2D eigenvalue weighted by Gasteiger charge is 2.18. The first-order valence-corrected chi connectivity index (χ1v) is 10.6. The van der Waals surface area contributed by atoms with Gasteiger partial charge < -0.3 is 9.64 Å². The summed E-state index contributed by atoms with van der Waals surface area (Å²) in [6.07, 6.45) is 2.30. The predicted molar refractivity (Wildman–Crippen MR) is 116 cm³/mol. The second-order valence-corrected chi connectivity index (χ2v) is 8.52. The molecule has 1 aliphatic heterocycles. The first kappa shape index (κ1) is 19.6. The predicted octanol–water partition coefficient (Wildman–Crippen LogP) is 5.50. The molecule has 0 aliphatic carbocycles. The van der Waals surface area contributed by atoms with Gasteiger partial charge in [0.2, 0.25) is 5.88 Å². The molecule has 0 amide bonds. The molecule has 1 aromatic heterocycles. The highest BCUT2D eigenvalue weighted by Crippen LogP contribution is 2.29. The van der Waals surface area contributed by atoms with Crippen LogP contribution >= 0.6 is 23.2 Å². The molecule has 2 aromatic carbocycles. The highest BCUT2D eigenvalue weighted by molar-refractivity contribution is 6.31. The fourth-order valence-corrected chi connectivity index (χ4v) is 4.10. The molecule has 0 radical (unpaired) electrons. The van der Waals surface area contributed by atoms with E-state index in [4.69, 9.17) is 33.0 Å². The van der Waals surface area contributed by atoms with Crippen molar-refractivity contribution in [3.8, 4) is 5.88 Å². The number of fused-ring (bicyclic) bond motifs is 1. The van der Waals surface area contributed by atoms with Gasteiger partial charge >= 0.3 is 0 Å². The van der Waals surface area contributed by atoms with Crippen LogP contribution in [0, 0.1) is 5.92 Å². The number of aromatic nitrogens is 2. The Morgan fingerprint density at radius 1 is 1.11 bits per heavy atom. The second-order valence-electron chi connectivity index (χ2n) is 7.65. The average Bonchev–Trinajstić information content (AvgIpc) is 3.24. The normalized spacial score (nSPS) is 17.5. The Labute approximate surface area is 176 Å². The zero-order valence-corrected chi connectivity index (χ0v) is 17.6. The van der Waals surface area contributed by atoms with Crippen molar-refractivity contribution in [3.05, 3.63) is 58.1 Å². The van der Waals surface area contributed by atoms with Crippen molar-refractivity contribution in [2.75, 3.05) is 26.2 Å². The first-order chi connectivity index (χ1) is 13.6. The minimum atomic E-state index is 0.654. The van der Waals surface area contributed by atoms with Gasteiger partial charge in [-0.3, -0.25) is 4.68 Å². The van der Waals surface area contributed by atoms with Crippen LogP contribution in [-0.2, 0) is 6.54 Å². The van der Waals surface area contributed by atoms with E-state index in [0.29, 0.717) is 24.1 Å². The number of hydrogen-bond donors (Lipinski definition) is 0. The Bertz CT molecular complexity index is 939. The maximum atomic E-state index is 6.22.